The molecule has 2 fully saturated rings. The van der Waals surface area contributed by atoms with E-state index in [-0.39, 0.29) is 11.9 Å². The predicted octanol–water partition coefficient (Wildman–Crippen LogP) is 2.69. The predicted molar refractivity (Wildman–Crippen MR) is 95.2 cm³/mol. The Balaban J connectivity index is 1.71. The monoisotopic (exact) mass is 345 g/mol. The van der Waals surface area contributed by atoms with Crippen molar-refractivity contribution in [1.82, 2.24) is 15.3 Å². The normalized spacial score (nSPS) is 18.2. The number of hydrogen-bond acceptors (Lipinski definition) is 3. The van der Waals surface area contributed by atoms with Gasteiger partial charge in [-0.1, -0.05) is 25.5 Å². The minimum Gasteiger partial charge on any atom is -0.497 e. The van der Waals surface area contributed by atoms with Crippen molar-refractivity contribution in [3.05, 3.63) is 29.8 Å². The number of carbonyl (C=O) groups is 2. The van der Waals surface area contributed by atoms with Crippen LogP contribution in [0.3, 0.4) is 0 Å². The summed E-state index contributed by atoms with van der Waals surface area (Å²) in [6, 6.07) is 7.55. The number of carbonyl (C=O) groups excluding carboxylic acids is 2. The summed E-state index contributed by atoms with van der Waals surface area (Å²) >= 11 is 0. The van der Waals surface area contributed by atoms with E-state index in [4.69, 9.17) is 4.74 Å². The van der Waals surface area contributed by atoms with Gasteiger partial charge in [-0.05, 0) is 43.4 Å². The largest absolute Gasteiger partial charge is 0.497 e. The smallest absolute Gasteiger partial charge is 0.336 e. The van der Waals surface area contributed by atoms with Crippen molar-refractivity contribution in [3.8, 4) is 5.75 Å². The summed E-state index contributed by atoms with van der Waals surface area (Å²) in [4.78, 5) is 25.6. The number of methoxy groups -OCH3 is 1. The topological polar surface area (TPSA) is 61.9 Å². The van der Waals surface area contributed by atoms with Gasteiger partial charge in [-0.2, -0.15) is 0 Å². The highest BCUT2D eigenvalue weighted by Crippen LogP contribution is 2.50. The maximum Gasteiger partial charge on any atom is 0.336 e. The molecule has 1 saturated heterocycles. The molecule has 6 heteroatoms. The van der Waals surface area contributed by atoms with E-state index >= 15 is 0 Å². The third kappa shape index (κ3) is 3.43. The first-order valence-electron chi connectivity index (χ1n) is 9.14. The van der Waals surface area contributed by atoms with Gasteiger partial charge in [0.25, 0.3) is 5.91 Å². The van der Waals surface area contributed by atoms with Crippen molar-refractivity contribution in [3.63, 3.8) is 0 Å². The van der Waals surface area contributed by atoms with E-state index in [0.717, 1.165) is 43.4 Å². The molecule has 1 aromatic rings. The van der Waals surface area contributed by atoms with E-state index in [1.165, 1.54) is 0 Å². The second-order valence-electron chi connectivity index (χ2n) is 6.80. The van der Waals surface area contributed by atoms with Crippen molar-refractivity contribution in [2.45, 2.75) is 44.4 Å². The SMILES string of the molecule is CCCCNC(=O)N1CCCN1C(=O)C1(c2ccc(OC)cc2)CC1. The van der Waals surface area contributed by atoms with E-state index < -0.39 is 5.41 Å². The number of nitrogens with zero attached hydrogens (tertiary/aromatic N) is 2. The molecule has 3 rings (SSSR count). The van der Waals surface area contributed by atoms with Gasteiger partial charge in [0.05, 0.1) is 12.5 Å². The fraction of sp³-hybridized carbons (Fsp3) is 0.579. The molecule has 3 amide bonds. The molecule has 0 spiro atoms. The van der Waals surface area contributed by atoms with Gasteiger partial charge in [-0.15, -0.1) is 0 Å². The number of hydrogen-bond donors (Lipinski definition) is 1. The maximum absolute atomic E-state index is 13.2. The van der Waals surface area contributed by atoms with Gasteiger partial charge in [0, 0.05) is 19.6 Å². The molecule has 136 valence electrons. The van der Waals surface area contributed by atoms with Crippen molar-refractivity contribution in [1.29, 1.82) is 0 Å². The molecule has 1 aliphatic heterocycles. The van der Waals surface area contributed by atoms with Crippen LogP contribution in [-0.2, 0) is 10.2 Å². The number of hydrazine groups is 1. The molecule has 1 aromatic carbocycles. The lowest BCUT2D eigenvalue weighted by Crippen LogP contribution is -2.52. The lowest BCUT2D eigenvalue weighted by atomic mass is 9.94. The highest BCUT2D eigenvalue weighted by atomic mass is 16.5. The molecular formula is C19H27N3O3. The van der Waals surface area contributed by atoms with Gasteiger partial charge >= 0.3 is 6.03 Å². The number of ether oxygens (including phenoxy) is 1. The summed E-state index contributed by atoms with van der Waals surface area (Å²) in [6.07, 6.45) is 4.47. The van der Waals surface area contributed by atoms with Crippen LogP contribution in [0.2, 0.25) is 0 Å². The molecule has 1 heterocycles. The van der Waals surface area contributed by atoms with E-state index in [0.29, 0.717) is 19.6 Å². The average molecular weight is 345 g/mol. The van der Waals surface area contributed by atoms with Gasteiger partial charge in [-0.25, -0.2) is 14.8 Å². The van der Waals surface area contributed by atoms with Crippen LogP contribution in [0.15, 0.2) is 24.3 Å². The molecule has 1 N–H and O–H groups in total. The fourth-order valence-corrected chi connectivity index (χ4v) is 3.41. The quantitative estimate of drug-likeness (QED) is 0.807. The van der Waals surface area contributed by atoms with E-state index in [1.54, 1.807) is 17.1 Å². The number of rotatable bonds is 6. The first-order chi connectivity index (χ1) is 12.1. The molecular weight excluding hydrogens is 318 g/mol. The van der Waals surface area contributed by atoms with Gasteiger partial charge in [0.2, 0.25) is 0 Å². The average Bonchev–Trinajstić information content (AvgIpc) is 3.30. The Morgan fingerprint density at radius 3 is 2.44 bits per heavy atom. The van der Waals surface area contributed by atoms with E-state index in [9.17, 15) is 9.59 Å². The maximum atomic E-state index is 13.2. The lowest BCUT2D eigenvalue weighted by molar-refractivity contribution is -0.143. The Morgan fingerprint density at radius 1 is 1.16 bits per heavy atom. The first kappa shape index (κ1) is 17.6. The molecule has 25 heavy (non-hydrogen) atoms. The molecule has 6 nitrogen and oxygen atoms in total. The summed E-state index contributed by atoms with van der Waals surface area (Å²) in [7, 11) is 1.63. The van der Waals surface area contributed by atoms with E-state index in [2.05, 4.69) is 12.2 Å². The van der Waals surface area contributed by atoms with Crippen molar-refractivity contribution in [2.24, 2.45) is 0 Å². The van der Waals surface area contributed by atoms with E-state index in [1.807, 2.05) is 24.3 Å². The highest BCUT2D eigenvalue weighted by Gasteiger charge is 2.54. The van der Waals surface area contributed by atoms with Gasteiger partial charge in [0.1, 0.15) is 5.75 Å². The second-order valence-corrected chi connectivity index (χ2v) is 6.80. The van der Waals surface area contributed by atoms with Gasteiger partial charge in [0.15, 0.2) is 0 Å². The third-order valence-corrected chi connectivity index (χ3v) is 5.11. The standard InChI is InChI=1S/C19H27N3O3/c1-3-4-12-20-18(24)22-14-5-13-21(22)17(23)19(10-11-19)15-6-8-16(25-2)9-7-15/h6-9H,3-5,10-14H2,1-2H3,(H,20,24). The molecule has 1 aliphatic carbocycles. The Bertz CT molecular complexity index is 625. The summed E-state index contributed by atoms with van der Waals surface area (Å²) in [6.45, 7) is 3.95. The van der Waals surface area contributed by atoms with Gasteiger partial charge in [-0.3, -0.25) is 4.79 Å². The Kier molecular flexibility index (Phi) is 5.16. The lowest BCUT2D eigenvalue weighted by Gasteiger charge is -2.31. The van der Waals surface area contributed by atoms with Crippen molar-refractivity contribution < 1.29 is 14.3 Å². The second kappa shape index (κ2) is 7.33. The molecule has 0 radical (unpaired) electrons. The molecule has 0 unspecified atom stereocenters. The number of nitrogens with one attached hydrogen (secondary N) is 1. The summed E-state index contributed by atoms with van der Waals surface area (Å²) in [5.74, 6) is 0.825. The van der Waals surface area contributed by atoms with Crippen LogP contribution in [0.25, 0.3) is 0 Å². The summed E-state index contributed by atoms with van der Waals surface area (Å²) < 4.78 is 5.20. The summed E-state index contributed by atoms with van der Waals surface area (Å²) in [5.41, 5.74) is 0.537. The Morgan fingerprint density at radius 2 is 1.84 bits per heavy atom. The molecule has 0 bridgehead atoms. The van der Waals surface area contributed by atoms with Crippen LogP contribution in [-0.4, -0.2) is 48.7 Å². The van der Waals surface area contributed by atoms with Gasteiger partial charge < -0.3 is 10.1 Å². The van der Waals surface area contributed by atoms with Crippen molar-refractivity contribution >= 4 is 11.9 Å². The number of urea groups is 1. The van der Waals surface area contributed by atoms with Crippen LogP contribution in [0, 0.1) is 0 Å². The Labute approximate surface area is 149 Å². The highest BCUT2D eigenvalue weighted by molar-refractivity contribution is 5.93. The number of amides is 3. The third-order valence-electron chi connectivity index (χ3n) is 5.11. The molecule has 1 saturated carbocycles. The van der Waals surface area contributed by atoms with Crippen LogP contribution >= 0.6 is 0 Å². The van der Waals surface area contributed by atoms with Crippen LogP contribution in [0.4, 0.5) is 4.79 Å². The number of benzene rings is 1. The Hall–Kier alpha value is -2.24. The molecule has 0 aromatic heterocycles. The fourth-order valence-electron chi connectivity index (χ4n) is 3.41. The minimum atomic E-state index is -0.474. The zero-order chi connectivity index (χ0) is 17.9. The summed E-state index contributed by atoms with van der Waals surface area (Å²) in [5, 5.41) is 6.15. The first-order valence-corrected chi connectivity index (χ1v) is 9.14. The number of unbranched alkanes of at least 4 members (excludes halogenated alkanes) is 1. The molecule has 0 atom stereocenters. The zero-order valence-corrected chi connectivity index (χ0v) is 15.1. The van der Waals surface area contributed by atoms with Crippen LogP contribution < -0.4 is 10.1 Å². The van der Waals surface area contributed by atoms with Crippen molar-refractivity contribution in [2.75, 3.05) is 26.7 Å². The molecule has 2 aliphatic rings. The zero-order valence-electron chi connectivity index (χ0n) is 15.1. The van der Waals surface area contributed by atoms with Crippen LogP contribution in [0.1, 0.15) is 44.6 Å². The minimum absolute atomic E-state index is 0.0424. The van der Waals surface area contributed by atoms with Crippen LogP contribution in [0.5, 0.6) is 5.75 Å².